The van der Waals surface area contributed by atoms with E-state index in [0.29, 0.717) is 5.69 Å². The first-order valence-corrected chi connectivity index (χ1v) is 7.92. The molecular weight excluding hydrogens is 427 g/mol. The molecule has 0 heterocycles. The smallest absolute Gasteiger partial charge is 0.338 e. The van der Waals surface area contributed by atoms with Gasteiger partial charge in [-0.25, -0.2) is 4.79 Å². The van der Waals surface area contributed by atoms with Gasteiger partial charge in [-0.1, -0.05) is 0 Å². The van der Waals surface area contributed by atoms with E-state index in [1.165, 1.54) is 24.3 Å². The van der Waals surface area contributed by atoms with Gasteiger partial charge < -0.3 is 10.1 Å². The van der Waals surface area contributed by atoms with Crippen molar-refractivity contribution in [2.75, 3.05) is 11.9 Å². The third kappa shape index (κ3) is 4.75. The first-order chi connectivity index (χ1) is 11.4. The average Bonchev–Trinajstić information content (AvgIpc) is 2.55. The molecule has 8 heteroatoms. The molecule has 7 nitrogen and oxygen atoms in total. The second-order valence-electron chi connectivity index (χ2n) is 4.89. The molecule has 2 rings (SSSR count). The maximum atomic E-state index is 11.8. The van der Waals surface area contributed by atoms with Crippen molar-refractivity contribution in [3.8, 4) is 0 Å². The molecule has 0 saturated heterocycles. The number of esters is 1. The Morgan fingerprint density at radius 1 is 1.21 bits per heavy atom. The Morgan fingerprint density at radius 2 is 1.88 bits per heavy atom. The van der Waals surface area contributed by atoms with Crippen LogP contribution in [0.2, 0.25) is 0 Å². The summed E-state index contributed by atoms with van der Waals surface area (Å²) in [6, 6.07) is 10.5. The van der Waals surface area contributed by atoms with Crippen molar-refractivity contribution in [3.05, 3.63) is 67.3 Å². The number of nitrogens with zero attached hydrogens (tertiary/aromatic N) is 1. The van der Waals surface area contributed by atoms with Gasteiger partial charge in [-0.05, 0) is 65.4 Å². The average molecular weight is 440 g/mol. The molecule has 0 spiro atoms. The maximum Gasteiger partial charge on any atom is 0.338 e. The van der Waals surface area contributed by atoms with Crippen LogP contribution in [0.25, 0.3) is 0 Å². The van der Waals surface area contributed by atoms with Crippen molar-refractivity contribution >= 4 is 45.8 Å². The molecule has 1 amide bonds. The van der Waals surface area contributed by atoms with E-state index in [9.17, 15) is 19.7 Å². The van der Waals surface area contributed by atoms with E-state index in [0.717, 1.165) is 9.13 Å². The van der Waals surface area contributed by atoms with E-state index in [1.807, 2.05) is 19.1 Å². The first-order valence-electron chi connectivity index (χ1n) is 6.84. The summed E-state index contributed by atoms with van der Waals surface area (Å²) in [5, 5.41) is 13.2. The third-order valence-corrected chi connectivity index (χ3v) is 3.78. The molecule has 0 radical (unpaired) electrons. The van der Waals surface area contributed by atoms with Gasteiger partial charge in [0, 0.05) is 21.4 Å². The zero-order valence-electron chi connectivity index (χ0n) is 12.6. The first kappa shape index (κ1) is 17.9. The molecule has 0 unspecified atom stereocenters. The molecule has 0 saturated carbocycles. The fraction of sp³-hybridized carbons (Fsp3) is 0.125. The molecule has 1 N–H and O–H groups in total. The molecule has 2 aromatic carbocycles. The van der Waals surface area contributed by atoms with E-state index in [2.05, 4.69) is 27.9 Å². The monoisotopic (exact) mass is 440 g/mol. The fourth-order valence-electron chi connectivity index (χ4n) is 1.89. The number of aryl methyl sites for hydroxylation is 1. The predicted molar refractivity (Wildman–Crippen MR) is 95.9 cm³/mol. The Labute approximate surface area is 151 Å². The number of non-ortho nitro benzene ring substituents is 1. The number of halogens is 1. The second kappa shape index (κ2) is 7.86. The van der Waals surface area contributed by atoms with Crippen molar-refractivity contribution in [2.24, 2.45) is 0 Å². The van der Waals surface area contributed by atoms with Crippen LogP contribution in [0.1, 0.15) is 15.9 Å². The van der Waals surface area contributed by atoms with Crippen LogP contribution in [-0.2, 0) is 9.53 Å². The van der Waals surface area contributed by atoms with Crippen LogP contribution in [0.5, 0.6) is 0 Å². The normalized spacial score (nSPS) is 10.1. The lowest BCUT2D eigenvalue weighted by Crippen LogP contribution is -2.21. The number of nitro benzene ring substituents is 1. The number of hydrogen-bond donors (Lipinski definition) is 1. The summed E-state index contributed by atoms with van der Waals surface area (Å²) < 4.78 is 5.95. The van der Waals surface area contributed by atoms with Gasteiger partial charge in [-0.15, -0.1) is 0 Å². The quantitative estimate of drug-likeness (QED) is 0.333. The number of amides is 1. The third-order valence-electron chi connectivity index (χ3n) is 3.11. The summed E-state index contributed by atoms with van der Waals surface area (Å²) in [6.45, 7) is 1.42. The van der Waals surface area contributed by atoms with E-state index in [4.69, 9.17) is 4.74 Å². The van der Waals surface area contributed by atoms with Gasteiger partial charge in [0.1, 0.15) is 0 Å². The molecule has 0 aliphatic heterocycles. The van der Waals surface area contributed by atoms with Crippen LogP contribution in [-0.4, -0.2) is 23.4 Å². The number of carbonyl (C=O) groups is 2. The summed E-state index contributed by atoms with van der Waals surface area (Å²) in [5.41, 5.74) is 1.56. The Balaban J connectivity index is 1.91. The van der Waals surface area contributed by atoms with E-state index < -0.39 is 23.4 Å². The number of carbonyl (C=O) groups excluding carboxylic acids is 2. The molecule has 0 aliphatic carbocycles. The minimum absolute atomic E-state index is 0.126. The second-order valence-corrected chi connectivity index (χ2v) is 6.13. The lowest BCUT2D eigenvalue weighted by Gasteiger charge is -2.09. The summed E-state index contributed by atoms with van der Waals surface area (Å²) in [6.07, 6.45) is 0. The number of anilines is 1. The van der Waals surface area contributed by atoms with E-state index >= 15 is 0 Å². The largest absolute Gasteiger partial charge is 0.452 e. The number of hydrogen-bond acceptors (Lipinski definition) is 5. The van der Waals surface area contributed by atoms with E-state index in [-0.39, 0.29) is 11.3 Å². The van der Waals surface area contributed by atoms with Crippen LogP contribution >= 0.6 is 22.6 Å². The topological polar surface area (TPSA) is 98.5 Å². The van der Waals surface area contributed by atoms with Crippen LogP contribution in [0, 0.1) is 20.6 Å². The summed E-state index contributed by atoms with van der Waals surface area (Å²) in [7, 11) is 0. The number of benzene rings is 2. The molecule has 0 fully saturated rings. The van der Waals surface area contributed by atoms with Gasteiger partial charge in [0.25, 0.3) is 11.6 Å². The molecule has 24 heavy (non-hydrogen) atoms. The zero-order chi connectivity index (χ0) is 17.7. The zero-order valence-corrected chi connectivity index (χ0v) is 14.8. The number of ether oxygens (including phenoxy) is 1. The van der Waals surface area contributed by atoms with Crippen LogP contribution in [0.4, 0.5) is 11.4 Å². The summed E-state index contributed by atoms with van der Waals surface area (Å²) in [5.74, 6) is -1.19. The maximum absolute atomic E-state index is 11.8. The summed E-state index contributed by atoms with van der Waals surface area (Å²) >= 11 is 2.17. The molecule has 0 aliphatic rings. The molecule has 124 valence electrons. The fourth-order valence-corrected chi connectivity index (χ4v) is 2.53. The lowest BCUT2D eigenvalue weighted by atomic mass is 10.2. The molecule has 0 atom stereocenters. The minimum Gasteiger partial charge on any atom is -0.452 e. The van der Waals surface area contributed by atoms with Crippen molar-refractivity contribution in [1.82, 2.24) is 0 Å². The van der Waals surface area contributed by atoms with Gasteiger partial charge in [-0.3, -0.25) is 14.9 Å². The Bertz CT molecular complexity index is 790. The highest BCUT2D eigenvalue weighted by Crippen LogP contribution is 2.17. The van der Waals surface area contributed by atoms with Crippen LogP contribution in [0.15, 0.2) is 42.5 Å². The predicted octanol–water partition coefficient (Wildman–Crippen LogP) is 3.30. The highest BCUT2D eigenvalue weighted by molar-refractivity contribution is 14.1. The van der Waals surface area contributed by atoms with E-state index in [1.54, 1.807) is 6.07 Å². The van der Waals surface area contributed by atoms with Crippen LogP contribution < -0.4 is 5.32 Å². The molecule has 0 bridgehead atoms. The van der Waals surface area contributed by atoms with Gasteiger partial charge in [0.05, 0.1) is 10.5 Å². The number of rotatable bonds is 5. The molecule has 2 aromatic rings. The van der Waals surface area contributed by atoms with Crippen molar-refractivity contribution < 1.29 is 19.2 Å². The highest BCUT2D eigenvalue weighted by atomic mass is 127. The van der Waals surface area contributed by atoms with Crippen molar-refractivity contribution in [1.29, 1.82) is 0 Å². The standard InChI is InChI=1S/C16H13IN2O5/c1-10-8-12(17)4-7-14(10)18-15(20)9-24-16(21)11-2-5-13(6-3-11)19(22)23/h2-8H,9H2,1H3,(H,18,20). The van der Waals surface area contributed by atoms with Gasteiger partial charge >= 0.3 is 5.97 Å². The van der Waals surface area contributed by atoms with Crippen molar-refractivity contribution in [2.45, 2.75) is 6.92 Å². The molecular formula is C16H13IN2O5. The lowest BCUT2D eigenvalue weighted by molar-refractivity contribution is -0.384. The van der Waals surface area contributed by atoms with Gasteiger partial charge in [0.2, 0.25) is 0 Å². The Morgan fingerprint density at radius 3 is 2.46 bits per heavy atom. The number of nitrogens with one attached hydrogen (secondary N) is 1. The highest BCUT2D eigenvalue weighted by Gasteiger charge is 2.13. The minimum atomic E-state index is -0.723. The summed E-state index contributed by atoms with van der Waals surface area (Å²) in [4.78, 5) is 33.7. The van der Waals surface area contributed by atoms with Gasteiger partial charge in [-0.2, -0.15) is 0 Å². The van der Waals surface area contributed by atoms with Gasteiger partial charge in [0.15, 0.2) is 6.61 Å². The van der Waals surface area contributed by atoms with Crippen molar-refractivity contribution in [3.63, 3.8) is 0 Å². The Hall–Kier alpha value is -2.49. The van der Waals surface area contributed by atoms with Crippen LogP contribution in [0.3, 0.4) is 0 Å². The number of nitro groups is 1. The SMILES string of the molecule is Cc1cc(I)ccc1NC(=O)COC(=O)c1ccc([N+](=O)[O-])cc1. The Kier molecular flexibility index (Phi) is 5.85. The molecule has 0 aromatic heterocycles.